The average molecular weight is 360 g/mol. The van der Waals surface area contributed by atoms with Crippen LogP contribution in [0.2, 0.25) is 0 Å². The van der Waals surface area contributed by atoms with E-state index in [4.69, 9.17) is 0 Å². The molecular weight excluding hydrogens is 343 g/mol. The Morgan fingerprint density at radius 3 is 2.64 bits per heavy atom. The maximum atomic E-state index is 14.4. The quantitative estimate of drug-likeness (QED) is 0.779. The van der Waals surface area contributed by atoms with Gasteiger partial charge in [-0.2, -0.15) is 4.31 Å². The van der Waals surface area contributed by atoms with Crippen molar-refractivity contribution < 1.29 is 12.8 Å². The van der Waals surface area contributed by atoms with Gasteiger partial charge in [0.05, 0.1) is 17.4 Å². The van der Waals surface area contributed by atoms with E-state index in [0.717, 1.165) is 12.8 Å². The van der Waals surface area contributed by atoms with Crippen molar-refractivity contribution in [3.05, 3.63) is 42.1 Å². The standard InChI is InChI=1S/C17H17FN4O2S/c1-11-8-13(18)17-12(16(11)14-10-19-4-5-20-14)9-15(21-17)25(23,24)22-6-2-3-7-22/h4-5,8-10,21H,2-3,6-7H2,1H3. The third-order valence-electron chi connectivity index (χ3n) is 4.54. The van der Waals surface area contributed by atoms with Gasteiger partial charge in [0, 0.05) is 36.4 Å². The number of sulfonamides is 1. The van der Waals surface area contributed by atoms with Crippen LogP contribution in [0, 0.1) is 12.7 Å². The highest BCUT2D eigenvalue weighted by Gasteiger charge is 2.29. The predicted octanol–water partition coefficient (Wildman–Crippen LogP) is 2.86. The van der Waals surface area contributed by atoms with Gasteiger partial charge >= 0.3 is 0 Å². The van der Waals surface area contributed by atoms with Crippen molar-refractivity contribution in [1.29, 1.82) is 0 Å². The fraction of sp³-hybridized carbons (Fsp3) is 0.294. The second-order valence-electron chi connectivity index (χ2n) is 6.17. The molecule has 25 heavy (non-hydrogen) atoms. The largest absolute Gasteiger partial charge is 0.342 e. The first-order chi connectivity index (χ1) is 12.0. The van der Waals surface area contributed by atoms with Crippen molar-refractivity contribution in [2.75, 3.05) is 13.1 Å². The van der Waals surface area contributed by atoms with Crippen molar-refractivity contribution in [3.63, 3.8) is 0 Å². The first-order valence-electron chi connectivity index (χ1n) is 8.07. The van der Waals surface area contributed by atoms with Gasteiger partial charge in [-0.3, -0.25) is 9.97 Å². The van der Waals surface area contributed by atoms with Crippen LogP contribution in [-0.2, 0) is 10.0 Å². The molecule has 0 bridgehead atoms. The van der Waals surface area contributed by atoms with Crippen LogP contribution in [0.4, 0.5) is 4.39 Å². The molecule has 8 heteroatoms. The van der Waals surface area contributed by atoms with E-state index >= 15 is 0 Å². The Labute approximate surface area is 144 Å². The number of nitrogens with one attached hydrogen (secondary N) is 1. The predicted molar refractivity (Wildman–Crippen MR) is 92.0 cm³/mol. The molecule has 0 radical (unpaired) electrons. The summed E-state index contributed by atoms with van der Waals surface area (Å²) in [5.74, 6) is -0.483. The highest BCUT2D eigenvalue weighted by molar-refractivity contribution is 7.89. The van der Waals surface area contributed by atoms with Crippen LogP contribution < -0.4 is 0 Å². The number of H-pyrrole nitrogens is 1. The van der Waals surface area contributed by atoms with E-state index in [1.54, 1.807) is 25.5 Å². The Balaban J connectivity index is 1.95. The molecule has 0 aliphatic carbocycles. The summed E-state index contributed by atoms with van der Waals surface area (Å²) in [5, 5.41) is 0.509. The third kappa shape index (κ3) is 2.61. The van der Waals surface area contributed by atoms with Crippen molar-refractivity contribution in [1.82, 2.24) is 19.3 Å². The molecule has 130 valence electrons. The summed E-state index contributed by atoms with van der Waals surface area (Å²) in [6.07, 6.45) is 6.38. The fourth-order valence-corrected chi connectivity index (χ4v) is 4.85. The van der Waals surface area contributed by atoms with E-state index in [0.29, 0.717) is 35.3 Å². The van der Waals surface area contributed by atoms with Crippen LogP contribution in [0.25, 0.3) is 22.2 Å². The molecule has 0 spiro atoms. The van der Waals surface area contributed by atoms with Gasteiger partial charge in [-0.25, -0.2) is 12.8 Å². The molecule has 6 nitrogen and oxygen atoms in total. The van der Waals surface area contributed by atoms with Gasteiger partial charge in [0.1, 0.15) is 10.8 Å². The van der Waals surface area contributed by atoms with E-state index in [2.05, 4.69) is 15.0 Å². The zero-order chi connectivity index (χ0) is 17.6. The molecule has 3 heterocycles. The number of halogens is 1. The molecule has 1 N–H and O–H groups in total. The van der Waals surface area contributed by atoms with Crippen LogP contribution in [-0.4, -0.2) is 40.8 Å². The lowest BCUT2D eigenvalue weighted by atomic mass is 10.0. The van der Waals surface area contributed by atoms with Crippen LogP contribution in [0.3, 0.4) is 0 Å². The first kappa shape index (κ1) is 16.2. The summed E-state index contributed by atoms with van der Waals surface area (Å²) in [6.45, 7) is 2.76. The number of aromatic nitrogens is 3. The van der Waals surface area contributed by atoms with E-state index in [1.807, 2.05) is 0 Å². The number of aryl methyl sites for hydroxylation is 1. The molecule has 0 unspecified atom stereocenters. The number of aromatic amines is 1. The SMILES string of the molecule is Cc1cc(F)c2[nH]c(S(=O)(=O)N3CCCC3)cc2c1-c1cnccn1. The van der Waals surface area contributed by atoms with E-state index < -0.39 is 15.8 Å². The van der Waals surface area contributed by atoms with Crippen molar-refractivity contribution >= 4 is 20.9 Å². The van der Waals surface area contributed by atoms with Gasteiger partial charge in [0.25, 0.3) is 10.0 Å². The number of nitrogens with zero attached hydrogens (tertiary/aromatic N) is 3. The minimum Gasteiger partial charge on any atom is -0.342 e. The normalized spacial score (nSPS) is 15.9. The van der Waals surface area contributed by atoms with Gasteiger partial charge < -0.3 is 4.98 Å². The lowest BCUT2D eigenvalue weighted by Gasteiger charge is -2.13. The maximum Gasteiger partial charge on any atom is 0.258 e. The molecule has 1 saturated heterocycles. The summed E-state index contributed by atoms with van der Waals surface area (Å²) in [7, 11) is -3.65. The molecule has 0 amide bonds. The monoisotopic (exact) mass is 360 g/mol. The van der Waals surface area contributed by atoms with Crippen molar-refractivity contribution in [2.24, 2.45) is 0 Å². The maximum absolute atomic E-state index is 14.4. The van der Waals surface area contributed by atoms with Crippen molar-refractivity contribution in [2.45, 2.75) is 24.8 Å². The molecule has 0 saturated carbocycles. The van der Waals surface area contributed by atoms with E-state index in [-0.39, 0.29) is 10.5 Å². The van der Waals surface area contributed by atoms with Crippen molar-refractivity contribution in [3.8, 4) is 11.3 Å². The van der Waals surface area contributed by atoms with Gasteiger partial charge in [0.15, 0.2) is 0 Å². The summed E-state index contributed by atoms with van der Waals surface area (Å²) in [6, 6.07) is 2.89. The zero-order valence-corrected chi connectivity index (χ0v) is 14.5. The average Bonchev–Trinajstić information content (AvgIpc) is 3.26. The summed E-state index contributed by atoms with van der Waals surface area (Å²) < 4.78 is 41.5. The molecule has 3 aromatic rings. The van der Waals surface area contributed by atoms with E-state index in [9.17, 15) is 12.8 Å². The molecule has 1 aliphatic heterocycles. The number of fused-ring (bicyclic) bond motifs is 1. The van der Waals surface area contributed by atoms with Gasteiger partial charge in [-0.15, -0.1) is 0 Å². The van der Waals surface area contributed by atoms with E-state index in [1.165, 1.54) is 16.4 Å². The topological polar surface area (TPSA) is 79.0 Å². The highest BCUT2D eigenvalue weighted by atomic mass is 32.2. The second-order valence-corrected chi connectivity index (χ2v) is 8.08. The van der Waals surface area contributed by atoms with Gasteiger partial charge in [-0.05, 0) is 37.5 Å². The second kappa shape index (κ2) is 5.89. The molecule has 1 aliphatic rings. The Morgan fingerprint density at radius 2 is 1.96 bits per heavy atom. The minimum atomic E-state index is -3.65. The fourth-order valence-electron chi connectivity index (χ4n) is 3.34. The van der Waals surface area contributed by atoms with Gasteiger partial charge in [-0.1, -0.05) is 0 Å². The number of benzene rings is 1. The van der Waals surface area contributed by atoms with Crippen LogP contribution >= 0.6 is 0 Å². The highest BCUT2D eigenvalue weighted by Crippen LogP contribution is 2.34. The molecule has 0 atom stereocenters. The smallest absolute Gasteiger partial charge is 0.258 e. The molecule has 4 rings (SSSR count). The van der Waals surface area contributed by atoms with Crippen LogP contribution in [0.15, 0.2) is 35.7 Å². The lowest BCUT2D eigenvalue weighted by Crippen LogP contribution is -2.28. The Kier molecular flexibility index (Phi) is 3.81. The number of hydrogen-bond donors (Lipinski definition) is 1. The van der Waals surface area contributed by atoms with Crippen LogP contribution in [0.5, 0.6) is 0 Å². The van der Waals surface area contributed by atoms with Crippen LogP contribution in [0.1, 0.15) is 18.4 Å². The summed E-state index contributed by atoms with van der Waals surface area (Å²) in [5.41, 5.74) is 2.11. The van der Waals surface area contributed by atoms with Gasteiger partial charge in [0.2, 0.25) is 0 Å². The molecule has 2 aromatic heterocycles. The Bertz CT molecular complexity index is 1040. The minimum absolute atomic E-state index is 0.0130. The number of hydrogen-bond acceptors (Lipinski definition) is 4. The molecule has 1 aromatic carbocycles. The summed E-state index contributed by atoms with van der Waals surface area (Å²) >= 11 is 0. The number of rotatable bonds is 3. The molecular formula is C17H17FN4O2S. The Morgan fingerprint density at radius 1 is 1.20 bits per heavy atom. The third-order valence-corrected chi connectivity index (χ3v) is 6.36. The first-order valence-corrected chi connectivity index (χ1v) is 9.51. The molecule has 1 fully saturated rings. The lowest BCUT2D eigenvalue weighted by molar-refractivity contribution is 0.475. The zero-order valence-electron chi connectivity index (χ0n) is 13.7. The summed E-state index contributed by atoms with van der Waals surface area (Å²) in [4.78, 5) is 11.1. The Hall–Kier alpha value is -2.32.